The maximum atomic E-state index is 12.3. The number of aryl methyl sites for hydroxylation is 2. The van der Waals surface area contributed by atoms with Crippen LogP contribution < -0.4 is 9.47 Å². The predicted octanol–water partition coefficient (Wildman–Crippen LogP) is 4.08. The van der Waals surface area contributed by atoms with Crippen molar-refractivity contribution in [1.82, 2.24) is 0 Å². The molecular formula is C20H20O4S. The fraction of sp³-hybridized carbons (Fsp3) is 0.300. The highest BCUT2D eigenvalue weighted by Crippen LogP contribution is 2.35. The van der Waals surface area contributed by atoms with Crippen molar-refractivity contribution in [3.05, 3.63) is 59.7 Å². The zero-order chi connectivity index (χ0) is 17.8. The number of ether oxygens (including phenoxy) is 2. The molecule has 0 aliphatic carbocycles. The lowest BCUT2D eigenvalue weighted by Crippen LogP contribution is -2.23. The molecule has 130 valence electrons. The minimum absolute atomic E-state index is 0.304. The Bertz CT molecular complexity index is 721. The van der Waals surface area contributed by atoms with Crippen LogP contribution in [0.15, 0.2) is 48.5 Å². The van der Waals surface area contributed by atoms with Gasteiger partial charge in [-0.15, -0.1) is 11.8 Å². The van der Waals surface area contributed by atoms with Crippen molar-refractivity contribution in [2.75, 3.05) is 0 Å². The highest BCUT2D eigenvalue weighted by molar-refractivity contribution is 8.02. The zero-order valence-electron chi connectivity index (χ0n) is 14.2. The molecule has 1 heterocycles. The molecule has 3 rings (SSSR count). The third-order valence-electron chi connectivity index (χ3n) is 3.96. The van der Waals surface area contributed by atoms with Crippen LogP contribution in [-0.2, 0) is 9.59 Å². The van der Waals surface area contributed by atoms with Gasteiger partial charge in [0, 0.05) is 0 Å². The Morgan fingerprint density at radius 1 is 0.840 bits per heavy atom. The Labute approximate surface area is 151 Å². The Morgan fingerprint density at radius 3 is 1.68 bits per heavy atom. The van der Waals surface area contributed by atoms with E-state index in [2.05, 4.69) is 0 Å². The van der Waals surface area contributed by atoms with Gasteiger partial charge in [-0.1, -0.05) is 24.3 Å². The van der Waals surface area contributed by atoms with E-state index in [1.54, 1.807) is 12.1 Å². The van der Waals surface area contributed by atoms with Gasteiger partial charge >= 0.3 is 11.9 Å². The largest absolute Gasteiger partial charge is 0.426 e. The van der Waals surface area contributed by atoms with Crippen molar-refractivity contribution in [3.8, 4) is 11.5 Å². The molecule has 4 nitrogen and oxygen atoms in total. The molecule has 1 aliphatic heterocycles. The predicted molar refractivity (Wildman–Crippen MR) is 98.0 cm³/mol. The summed E-state index contributed by atoms with van der Waals surface area (Å²) >= 11 is 1.32. The number of carbonyl (C=O) groups excluding carboxylic acids is 2. The molecule has 1 fully saturated rings. The molecule has 2 aromatic rings. The highest BCUT2D eigenvalue weighted by atomic mass is 32.2. The van der Waals surface area contributed by atoms with E-state index in [0.717, 1.165) is 11.1 Å². The third-order valence-corrected chi connectivity index (χ3v) is 5.47. The summed E-state index contributed by atoms with van der Waals surface area (Å²) in [5, 5.41) is -0.675. The minimum Gasteiger partial charge on any atom is -0.426 e. The van der Waals surface area contributed by atoms with Gasteiger partial charge in [-0.2, -0.15) is 0 Å². The van der Waals surface area contributed by atoms with Gasteiger partial charge in [0.15, 0.2) is 0 Å². The van der Waals surface area contributed by atoms with Crippen molar-refractivity contribution in [2.24, 2.45) is 0 Å². The second-order valence-corrected chi connectivity index (χ2v) is 7.58. The lowest BCUT2D eigenvalue weighted by atomic mass is 10.2. The van der Waals surface area contributed by atoms with E-state index in [9.17, 15) is 9.59 Å². The van der Waals surface area contributed by atoms with Gasteiger partial charge in [0.25, 0.3) is 0 Å². The normalized spacial score (nSPS) is 19.4. The molecule has 0 radical (unpaired) electrons. The van der Waals surface area contributed by atoms with Crippen molar-refractivity contribution in [3.63, 3.8) is 0 Å². The summed E-state index contributed by atoms with van der Waals surface area (Å²) in [6, 6.07) is 14.7. The first-order valence-electron chi connectivity index (χ1n) is 8.23. The van der Waals surface area contributed by atoms with E-state index in [0.29, 0.717) is 24.3 Å². The number of hydrogen-bond donors (Lipinski definition) is 0. The number of carbonyl (C=O) groups is 2. The Kier molecular flexibility index (Phi) is 5.43. The number of benzene rings is 2. The molecule has 2 atom stereocenters. The van der Waals surface area contributed by atoms with Crippen molar-refractivity contribution in [1.29, 1.82) is 0 Å². The summed E-state index contributed by atoms with van der Waals surface area (Å²) < 4.78 is 10.9. The Morgan fingerprint density at radius 2 is 1.28 bits per heavy atom. The first-order valence-corrected chi connectivity index (χ1v) is 9.18. The molecule has 0 spiro atoms. The molecule has 5 heteroatoms. The molecule has 0 bridgehead atoms. The molecule has 2 unspecified atom stereocenters. The van der Waals surface area contributed by atoms with Crippen molar-refractivity contribution < 1.29 is 19.1 Å². The quantitative estimate of drug-likeness (QED) is 0.610. The topological polar surface area (TPSA) is 52.6 Å². The molecular weight excluding hydrogens is 336 g/mol. The molecule has 0 N–H and O–H groups in total. The lowest BCUT2D eigenvalue weighted by Gasteiger charge is -2.11. The van der Waals surface area contributed by atoms with Crippen LogP contribution in [0.5, 0.6) is 11.5 Å². The number of hydrogen-bond acceptors (Lipinski definition) is 5. The monoisotopic (exact) mass is 356 g/mol. The molecule has 25 heavy (non-hydrogen) atoms. The molecule has 2 aromatic carbocycles. The minimum atomic E-state index is -0.337. The van der Waals surface area contributed by atoms with Crippen LogP contribution in [0.4, 0.5) is 0 Å². The summed E-state index contributed by atoms with van der Waals surface area (Å²) in [6.07, 6.45) is 1.23. The number of esters is 2. The van der Waals surface area contributed by atoms with Gasteiger partial charge in [0.1, 0.15) is 22.0 Å². The van der Waals surface area contributed by atoms with Gasteiger partial charge in [0.05, 0.1) is 0 Å². The smallest absolute Gasteiger partial charge is 0.324 e. The standard InChI is InChI=1S/C20H20O4S/c1-13-5-3-7-15(11-13)23-19(21)17-9-10-18(25-17)20(22)24-16-8-4-6-14(2)12-16/h3-8,11-12,17-18H,9-10H2,1-2H3. The van der Waals surface area contributed by atoms with Crippen LogP contribution in [0.25, 0.3) is 0 Å². The average molecular weight is 356 g/mol. The third kappa shape index (κ3) is 4.63. The van der Waals surface area contributed by atoms with E-state index in [-0.39, 0.29) is 22.4 Å². The van der Waals surface area contributed by atoms with Gasteiger partial charge in [-0.05, 0) is 62.1 Å². The summed E-state index contributed by atoms with van der Waals surface area (Å²) in [4.78, 5) is 24.6. The van der Waals surface area contributed by atoms with E-state index in [4.69, 9.17) is 9.47 Å². The molecule has 1 aliphatic rings. The number of rotatable bonds is 4. The van der Waals surface area contributed by atoms with E-state index >= 15 is 0 Å². The Hall–Kier alpha value is -2.27. The van der Waals surface area contributed by atoms with Crippen molar-refractivity contribution in [2.45, 2.75) is 37.2 Å². The first-order chi connectivity index (χ1) is 12.0. The maximum Gasteiger partial charge on any atom is 0.324 e. The summed E-state index contributed by atoms with van der Waals surface area (Å²) in [5.74, 6) is 0.468. The molecule has 0 amide bonds. The van der Waals surface area contributed by atoms with Crippen LogP contribution in [-0.4, -0.2) is 22.4 Å². The highest BCUT2D eigenvalue weighted by Gasteiger charge is 2.37. The average Bonchev–Trinajstić information content (AvgIpc) is 3.05. The van der Waals surface area contributed by atoms with Crippen LogP contribution in [0.3, 0.4) is 0 Å². The summed E-state index contributed by atoms with van der Waals surface area (Å²) in [6.45, 7) is 3.89. The molecule has 0 aromatic heterocycles. The maximum absolute atomic E-state index is 12.3. The van der Waals surface area contributed by atoms with Gasteiger partial charge in [0.2, 0.25) is 0 Å². The second kappa shape index (κ2) is 7.74. The van der Waals surface area contributed by atoms with Crippen LogP contribution in [0.1, 0.15) is 24.0 Å². The lowest BCUT2D eigenvalue weighted by molar-refractivity contribution is -0.134. The van der Waals surface area contributed by atoms with E-state index in [1.165, 1.54) is 11.8 Å². The van der Waals surface area contributed by atoms with Crippen LogP contribution in [0.2, 0.25) is 0 Å². The second-order valence-electron chi connectivity index (χ2n) is 6.17. The van der Waals surface area contributed by atoms with Gasteiger partial charge < -0.3 is 9.47 Å². The fourth-order valence-electron chi connectivity index (χ4n) is 2.71. The molecule has 1 saturated heterocycles. The molecule has 0 saturated carbocycles. The first kappa shape index (κ1) is 17.5. The van der Waals surface area contributed by atoms with E-state index in [1.807, 2.05) is 50.2 Å². The number of thioether (sulfide) groups is 1. The van der Waals surface area contributed by atoms with E-state index < -0.39 is 0 Å². The van der Waals surface area contributed by atoms with Crippen LogP contribution >= 0.6 is 11.8 Å². The zero-order valence-corrected chi connectivity index (χ0v) is 15.0. The fourth-order valence-corrected chi connectivity index (χ4v) is 3.96. The van der Waals surface area contributed by atoms with Gasteiger partial charge in [-0.3, -0.25) is 9.59 Å². The van der Waals surface area contributed by atoms with Crippen molar-refractivity contribution >= 4 is 23.7 Å². The SMILES string of the molecule is Cc1cccc(OC(=O)C2CCC(C(=O)Oc3cccc(C)c3)S2)c1. The van der Waals surface area contributed by atoms with Crippen LogP contribution in [0, 0.1) is 13.8 Å². The van der Waals surface area contributed by atoms with Gasteiger partial charge in [-0.25, -0.2) is 0 Å². The summed E-state index contributed by atoms with van der Waals surface area (Å²) in [7, 11) is 0. The summed E-state index contributed by atoms with van der Waals surface area (Å²) in [5.41, 5.74) is 2.06. The Balaban J connectivity index is 1.55.